The Morgan fingerprint density at radius 3 is 2.25 bits per heavy atom. The Morgan fingerprint density at radius 1 is 1.42 bits per heavy atom. The van der Waals surface area contributed by atoms with E-state index in [2.05, 4.69) is 4.74 Å². The molecule has 0 radical (unpaired) electrons. The van der Waals surface area contributed by atoms with Gasteiger partial charge in [0.05, 0.1) is 12.0 Å². The number of carbonyl (C=O) groups excluding carboxylic acids is 2. The fraction of sp³-hybridized carbons (Fsp3) is 0.750. The van der Waals surface area contributed by atoms with E-state index in [1.807, 2.05) is 0 Å². The number of esters is 1. The number of ketones is 1. The second kappa shape index (κ2) is 4.18. The third-order valence-corrected chi connectivity index (χ3v) is 1.41. The maximum atomic E-state index is 12.2. The molecule has 0 saturated carbocycles. The van der Waals surface area contributed by atoms with Crippen LogP contribution in [0.25, 0.3) is 0 Å². The summed E-state index contributed by atoms with van der Waals surface area (Å²) in [6, 6.07) is 0. The van der Waals surface area contributed by atoms with E-state index >= 15 is 0 Å². The SMILES string of the molecule is CCOC(=O)C(=O)C(C)(C)CF. The fourth-order valence-corrected chi connectivity index (χ4v) is 0.534. The van der Waals surface area contributed by atoms with Crippen LogP contribution in [0.5, 0.6) is 0 Å². The topological polar surface area (TPSA) is 43.4 Å². The molecule has 0 aromatic heterocycles. The van der Waals surface area contributed by atoms with Crippen molar-refractivity contribution in [1.82, 2.24) is 0 Å². The zero-order valence-electron chi connectivity index (χ0n) is 7.52. The van der Waals surface area contributed by atoms with Crippen LogP contribution in [0.1, 0.15) is 20.8 Å². The summed E-state index contributed by atoms with van der Waals surface area (Å²) in [6.07, 6.45) is 0. The highest BCUT2D eigenvalue weighted by atomic mass is 19.1. The van der Waals surface area contributed by atoms with E-state index in [1.165, 1.54) is 13.8 Å². The molecule has 3 nitrogen and oxygen atoms in total. The van der Waals surface area contributed by atoms with Gasteiger partial charge in [-0.2, -0.15) is 0 Å². The summed E-state index contributed by atoms with van der Waals surface area (Å²) < 4.78 is 16.6. The van der Waals surface area contributed by atoms with Crippen molar-refractivity contribution in [3.8, 4) is 0 Å². The van der Waals surface area contributed by atoms with Gasteiger partial charge in [0, 0.05) is 0 Å². The van der Waals surface area contributed by atoms with Crippen molar-refractivity contribution in [3.05, 3.63) is 0 Å². The molecule has 0 spiro atoms. The normalized spacial score (nSPS) is 11.0. The van der Waals surface area contributed by atoms with E-state index in [0.29, 0.717) is 0 Å². The first-order chi connectivity index (χ1) is 5.45. The quantitative estimate of drug-likeness (QED) is 0.476. The molecular weight excluding hydrogens is 163 g/mol. The Balaban J connectivity index is 4.29. The standard InChI is InChI=1S/C8H13FO3/c1-4-12-7(11)6(10)8(2,3)5-9/h4-5H2,1-3H3. The number of hydrogen-bond donors (Lipinski definition) is 0. The number of rotatable bonds is 4. The van der Waals surface area contributed by atoms with Crippen LogP contribution < -0.4 is 0 Å². The van der Waals surface area contributed by atoms with Gasteiger partial charge in [0.25, 0.3) is 0 Å². The first kappa shape index (κ1) is 11.1. The van der Waals surface area contributed by atoms with Crippen molar-refractivity contribution in [3.63, 3.8) is 0 Å². The maximum Gasteiger partial charge on any atom is 0.375 e. The van der Waals surface area contributed by atoms with Crippen molar-refractivity contribution in [2.24, 2.45) is 5.41 Å². The molecule has 0 aromatic carbocycles. The predicted molar refractivity (Wildman–Crippen MR) is 41.4 cm³/mol. The number of carbonyl (C=O) groups is 2. The van der Waals surface area contributed by atoms with Gasteiger partial charge >= 0.3 is 5.97 Å². The molecule has 0 rings (SSSR count). The highest BCUT2D eigenvalue weighted by Crippen LogP contribution is 2.17. The number of Topliss-reactive ketones (excluding diaryl/α,β-unsaturated/α-hetero) is 1. The van der Waals surface area contributed by atoms with E-state index in [0.717, 1.165) is 0 Å². The lowest BCUT2D eigenvalue weighted by molar-refractivity contribution is -0.157. The first-order valence-corrected chi connectivity index (χ1v) is 3.73. The molecule has 0 aliphatic carbocycles. The Labute approximate surface area is 70.9 Å². The molecule has 0 atom stereocenters. The number of ether oxygens (including phenoxy) is 1. The Morgan fingerprint density at radius 2 is 1.92 bits per heavy atom. The van der Waals surface area contributed by atoms with Crippen molar-refractivity contribution < 1.29 is 18.7 Å². The van der Waals surface area contributed by atoms with Gasteiger partial charge in [-0.1, -0.05) is 0 Å². The van der Waals surface area contributed by atoms with Crippen molar-refractivity contribution >= 4 is 11.8 Å². The Bertz CT molecular complexity index is 187. The van der Waals surface area contributed by atoms with Crippen LogP contribution in [-0.4, -0.2) is 25.0 Å². The lowest BCUT2D eigenvalue weighted by atomic mass is 9.90. The summed E-state index contributed by atoms with van der Waals surface area (Å²) >= 11 is 0. The highest BCUT2D eigenvalue weighted by Gasteiger charge is 2.34. The molecule has 0 heterocycles. The first-order valence-electron chi connectivity index (χ1n) is 3.73. The van der Waals surface area contributed by atoms with Crippen LogP contribution in [0.2, 0.25) is 0 Å². The van der Waals surface area contributed by atoms with Crippen LogP contribution in [0.4, 0.5) is 4.39 Å². The van der Waals surface area contributed by atoms with Crippen LogP contribution in [0.15, 0.2) is 0 Å². The minimum atomic E-state index is -1.26. The van der Waals surface area contributed by atoms with Gasteiger partial charge in [-0.05, 0) is 20.8 Å². The zero-order chi connectivity index (χ0) is 9.78. The molecule has 0 amide bonds. The van der Waals surface area contributed by atoms with Gasteiger partial charge in [-0.15, -0.1) is 0 Å². The summed E-state index contributed by atoms with van der Waals surface area (Å²) in [4.78, 5) is 21.9. The molecule has 0 aliphatic heterocycles. The predicted octanol–water partition coefficient (Wildman–Crippen LogP) is 1.11. The summed E-state index contributed by atoms with van der Waals surface area (Å²) in [6.45, 7) is 3.60. The van der Waals surface area contributed by atoms with Crippen molar-refractivity contribution in [2.45, 2.75) is 20.8 Å². The molecule has 0 saturated heterocycles. The van der Waals surface area contributed by atoms with Crippen LogP contribution in [0, 0.1) is 5.41 Å². The van der Waals surface area contributed by atoms with E-state index in [1.54, 1.807) is 6.92 Å². The van der Waals surface area contributed by atoms with Gasteiger partial charge in [0.1, 0.15) is 6.67 Å². The smallest absolute Gasteiger partial charge is 0.375 e. The lowest BCUT2D eigenvalue weighted by Gasteiger charge is -2.16. The van der Waals surface area contributed by atoms with Gasteiger partial charge in [-0.3, -0.25) is 9.18 Å². The molecular formula is C8H13FO3. The monoisotopic (exact) mass is 176 g/mol. The van der Waals surface area contributed by atoms with E-state index in [-0.39, 0.29) is 6.61 Å². The third-order valence-electron chi connectivity index (χ3n) is 1.41. The second-order valence-corrected chi connectivity index (χ2v) is 3.07. The van der Waals surface area contributed by atoms with Gasteiger partial charge < -0.3 is 4.74 Å². The number of hydrogen-bond acceptors (Lipinski definition) is 3. The molecule has 4 heteroatoms. The van der Waals surface area contributed by atoms with E-state index < -0.39 is 23.8 Å². The van der Waals surface area contributed by atoms with Gasteiger partial charge in [0.15, 0.2) is 0 Å². The molecule has 0 aromatic rings. The largest absolute Gasteiger partial charge is 0.460 e. The summed E-state index contributed by atoms with van der Waals surface area (Å²) in [5, 5.41) is 0. The fourth-order valence-electron chi connectivity index (χ4n) is 0.534. The molecule has 0 aliphatic rings. The minimum Gasteiger partial charge on any atom is -0.460 e. The van der Waals surface area contributed by atoms with E-state index in [9.17, 15) is 14.0 Å². The highest BCUT2D eigenvalue weighted by molar-refractivity contribution is 6.35. The number of alkyl halides is 1. The molecule has 0 fully saturated rings. The molecule has 70 valence electrons. The lowest BCUT2D eigenvalue weighted by Crippen LogP contribution is -2.34. The van der Waals surface area contributed by atoms with Crippen molar-refractivity contribution in [1.29, 1.82) is 0 Å². The molecule has 12 heavy (non-hydrogen) atoms. The average Bonchev–Trinajstić information content (AvgIpc) is 2.03. The summed E-state index contributed by atoms with van der Waals surface area (Å²) in [7, 11) is 0. The molecule has 0 bridgehead atoms. The van der Waals surface area contributed by atoms with Crippen LogP contribution >= 0.6 is 0 Å². The van der Waals surface area contributed by atoms with Crippen molar-refractivity contribution in [2.75, 3.05) is 13.3 Å². The third kappa shape index (κ3) is 2.60. The van der Waals surface area contributed by atoms with E-state index in [4.69, 9.17) is 0 Å². The van der Waals surface area contributed by atoms with Gasteiger partial charge in [0.2, 0.25) is 5.78 Å². The van der Waals surface area contributed by atoms with Crippen LogP contribution in [-0.2, 0) is 14.3 Å². The molecule has 0 unspecified atom stereocenters. The minimum absolute atomic E-state index is 0.132. The second-order valence-electron chi connectivity index (χ2n) is 3.07. The Hall–Kier alpha value is -0.930. The average molecular weight is 176 g/mol. The molecule has 0 N–H and O–H groups in total. The van der Waals surface area contributed by atoms with Crippen LogP contribution in [0.3, 0.4) is 0 Å². The summed E-state index contributed by atoms with van der Waals surface area (Å²) in [5.41, 5.74) is -1.26. The maximum absolute atomic E-state index is 12.2. The zero-order valence-corrected chi connectivity index (χ0v) is 7.52. The number of halogens is 1. The Kier molecular flexibility index (Phi) is 3.86. The van der Waals surface area contributed by atoms with Gasteiger partial charge in [-0.25, -0.2) is 4.79 Å². The summed E-state index contributed by atoms with van der Waals surface area (Å²) in [5.74, 6) is -1.77.